The normalized spacial score (nSPS) is 10.9. The third kappa shape index (κ3) is 2.95. The molecule has 0 aliphatic heterocycles. The van der Waals surface area contributed by atoms with E-state index in [9.17, 15) is 10.2 Å². The maximum atomic E-state index is 10.0. The second kappa shape index (κ2) is 6.16. The van der Waals surface area contributed by atoms with Crippen LogP contribution in [0.5, 0.6) is 5.75 Å². The maximum absolute atomic E-state index is 10.0. The van der Waals surface area contributed by atoms with Crippen molar-refractivity contribution in [3.8, 4) is 5.75 Å². The van der Waals surface area contributed by atoms with E-state index in [1.807, 2.05) is 37.4 Å². The van der Waals surface area contributed by atoms with Crippen molar-refractivity contribution in [2.75, 3.05) is 12.1 Å². The van der Waals surface area contributed by atoms with Crippen LogP contribution in [-0.2, 0) is 6.61 Å². The van der Waals surface area contributed by atoms with Gasteiger partial charge in [-0.1, -0.05) is 18.2 Å². The summed E-state index contributed by atoms with van der Waals surface area (Å²) >= 11 is 0. The summed E-state index contributed by atoms with van der Waals surface area (Å²) in [5, 5.41) is 25.3. The van der Waals surface area contributed by atoms with Gasteiger partial charge in [0.2, 0.25) is 0 Å². The SMILES string of the molecule is Cc1ncc(CO)c(/C=N/N(C)c2ccccc2)c1O. The molecule has 0 unspecified atom stereocenters. The molecular formula is C15H17N3O2. The van der Waals surface area contributed by atoms with Gasteiger partial charge in [0.25, 0.3) is 0 Å². The predicted octanol–water partition coefficient (Wildman–Crippen LogP) is 2.06. The van der Waals surface area contributed by atoms with E-state index in [2.05, 4.69) is 10.1 Å². The highest BCUT2D eigenvalue weighted by Gasteiger charge is 2.09. The number of hydrazone groups is 1. The third-order valence-electron chi connectivity index (χ3n) is 3.02. The van der Waals surface area contributed by atoms with Gasteiger partial charge in [-0.3, -0.25) is 9.99 Å². The fourth-order valence-electron chi connectivity index (χ4n) is 1.78. The van der Waals surface area contributed by atoms with Crippen LogP contribution in [-0.4, -0.2) is 28.5 Å². The Labute approximate surface area is 117 Å². The molecule has 0 radical (unpaired) electrons. The van der Waals surface area contributed by atoms with Gasteiger partial charge < -0.3 is 10.2 Å². The lowest BCUT2D eigenvalue weighted by Crippen LogP contribution is -2.09. The van der Waals surface area contributed by atoms with Crippen LogP contribution >= 0.6 is 0 Å². The lowest BCUT2D eigenvalue weighted by atomic mass is 10.1. The van der Waals surface area contributed by atoms with Crippen LogP contribution < -0.4 is 5.01 Å². The Morgan fingerprint density at radius 3 is 2.65 bits per heavy atom. The van der Waals surface area contributed by atoms with Crippen molar-refractivity contribution in [2.24, 2.45) is 5.10 Å². The average Bonchev–Trinajstić information content (AvgIpc) is 2.49. The molecule has 0 fully saturated rings. The summed E-state index contributed by atoms with van der Waals surface area (Å²) in [5.41, 5.74) is 2.46. The number of anilines is 1. The molecule has 0 bridgehead atoms. The van der Waals surface area contributed by atoms with Crippen molar-refractivity contribution >= 4 is 11.9 Å². The van der Waals surface area contributed by atoms with Gasteiger partial charge in [-0.05, 0) is 19.1 Å². The quantitative estimate of drug-likeness (QED) is 0.659. The van der Waals surface area contributed by atoms with Crippen molar-refractivity contribution in [1.29, 1.82) is 0 Å². The topological polar surface area (TPSA) is 69.0 Å². The molecule has 104 valence electrons. The molecule has 1 aromatic carbocycles. The summed E-state index contributed by atoms with van der Waals surface area (Å²) in [7, 11) is 1.82. The molecule has 0 aliphatic rings. The van der Waals surface area contributed by atoms with E-state index >= 15 is 0 Å². The molecule has 5 nitrogen and oxygen atoms in total. The standard InChI is InChI=1S/C15H17N3O2/c1-11-15(20)14(12(10-19)8-16-11)9-17-18(2)13-6-4-3-5-7-13/h3-9,19-20H,10H2,1-2H3/b17-9+. The van der Waals surface area contributed by atoms with E-state index in [0.717, 1.165) is 5.69 Å². The first kappa shape index (κ1) is 14.0. The second-order valence-corrected chi connectivity index (χ2v) is 4.39. The molecule has 0 atom stereocenters. The highest BCUT2D eigenvalue weighted by molar-refractivity contribution is 5.86. The van der Waals surface area contributed by atoms with Crippen LogP contribution in [0.4, 0.5) is 5.69 Å². The van der Waals surface area contributed by atoms with E-state index < -0.39 is 0 Å². The molecule has 0 saturated carbocycles. The summed E-state index contributed by atoms with van der Waals surface area (Å²) < 4.78 is 0. The first-order valence-corrected chi connectivity index (χ1v) is 6.24. The summed E-state index contributed by atoms with van der Waals surface area (Å²) in [4.78, 5) is 4.01. The van der Waals surface area contributed by atoms with E-state index in [-0.39, 0.29) is 12.4 Å². The van der Waals surface area contributed by atoms with Gasteiger partial charge in [0.1, 0.15) is 5.75 Å². The molecule has 1 heterocycles. The van der Waals surface area contributed by atoms with Crippen molar-refractivity contribution in [3.05, 3.63) is 53.3 Å². The molecule has 2 N–H and O–H groups in total. The fraction of sp³-hybridized carbons (Fsp3) is 0.200. The fourth-order valence-corrected chi connectivity index (χ4v) is 1.78. The zero-order chi connectivity index (χ0) is 14.5. The number of benzene rings is 1. The number of aryl methyl sites for hydroxylation is 1. The minimum atomic E-state index is -0.197. The first-order valence-electron chi connectivity index (χ1n) is 6.24. The number of aromatic hydroxyl groups is 1. The highest BCUT2D eigenvalue weighted by atomic mass is 16.3. The number of pyridine rings is 1. The first-order chi connectivity index (χ1) is 9.63. The minimum Gasteiger partial charge on any atom is -0.505 e. The molecule has 1 aromatic heterocycles. The van der Waals surface area contributed by atoms with Crippen LogP contribution in [0.25, 0.3) is 0 Å². The third-order valence-corrected chi connectivity index (χ3v) is 3.02. The Kier molecular flexibility index (Phi) is 4.32. The number of aliphatic hydroxyl groups excluding tert-OH is 1. The Hall–Kier alpha value is -2.40. The number of rotatable bonds is 4. The van der Waals surface area contributed by atoms with Crippen molar-refractivity contribution in [2.45, 2.75) is 13.5 Å². The number of aromatic nitrogens is 1. The lowest BCUT2D eigenvalue weighted by molar-refractivity contribution is 0.280. The zero-order valence-corrected chi connectivity index (χ0v) is 11.5. The van der Waals surface area contributed by atoms with Gasteiger partial charge in [0.15, 0.2) is 0 Å². The van der Waals surface area contributed by atoms with E-state index in [0.29, 0.717) is 16.8 Å². The Morgan fingerprint density at radius 2 is 2.00 bits per heavy atom. The predicted molar refractivity (Wildman–Crippen MR) is 79.0 cm³/mol. The summed E-state index contributed by atoms with van der Waals surface area (Å²) in [6.07, 6.45) is 3.07. The van der Waals surface area contributed by atoms with E-state index in [4.69, 9.17) is 0 Å². The maximum Gasteiger partial charge on any atom is 0.145 e. The Balaban J connectivity index is 2.30. The van der Waals surface area contributed by atoms with Crippen LogP contribution in [0.1, 0.15) is 16.8 Å². The highest BCUT2D eigenvalue weighted by Crippen LogP contribution is 2.22. The molecule has 5 heteroatoms. The number of hydrogen-bond acceptors (Lipinski definition) is 5. The summed E-state index contributed by atoms with van der Waals surface area (Å²) in [6.45, 7) is 1.51. The van der Waals surface area contributed by atoms with Gasteiger partial charge in [-0.15, -0.1) is 0 Å². The van der Waals surface area contributed by atoms with Crippen LogP contribution in [0, 0.1) is 6.92 Å². The molecule has 0 saturated heterocycles. The van der Waals surface area contributed by atoms with Crippen molar-refractivity contribution < 1.29 is 10.2 Å². The van der Waals surface area contributed by atoms with E-state index in [1.54, 1.807) is 18.1 Å². The lowest BCUT2D eigenvalue weighted by Gasteiger charge is -2.13. The van der Waals surface area contributed by atoms with Crippen molar-refractivity contribution in [3.63, 3.8) is 0 Å². The van der Waals surface area contributed by atoms with Gasteiger partial charge in [0, 0.05) is 24.4 Å². The Morgan fingerprint density at radius 1 is 1.30 bits per heavy atom. The number of para-hydroxylation sites is 1. The number of nitrogens with zero attached hydrogens (tertiary/aromatic N) is 3. The Bertz CT molecular complexity index is 612. The van der Waals surface area contributed by atoms with E-state index in [1.165, 1.54) is 6.21 Å². The molecular weight excluding hydrogens is 254 g/mol. The van der Waals surface area contributed by atoms with Crippen LogP contribution in [0.3, 0.4) is 0 Å². The average molecular weight is 271 g/mol. The molecule has 0 amide bonds. The summed E-state index contributed by atoms with van der Waals surface area (Å²) in [5.74, 6) is 0.0433. The molecule has 0 spiro atoms. The summed E-state index contributed by atoms with van der Waals surface area (Å²) in [6, 6.07) is 9.65. The second-order valence-electron chi connectivity index (χ2n) is 4.39. The molecule has 20 heavy (non-hydrogen) atoms. The smallest absolute Gasteiger partial charge is 0.145 e. The number of aliphatic hydroxyl groups is 1. The van der Waals surface area contributed by atoms with Gasteiger partial charge in [0.05, 0.1) is 24.2 Å². The van der Waals surface area contributed by atoms with Crippen molar-refractivity contribution in [1.82, 2.24) is 4.98 Å². The zero-order valence-electron chi connectivity index (χ0n) is 11.5. The molecule has 2 aromatic rings. The van der Waals surface area contributed by atoms with Crippen LogP contribution in [0.2, 0.25) is 0 Å². The molecule has 2 rings (SSSR count). The molecule has 0 aliphatic carbocycles. The monoisotopic (exact) mass is 271 g/mol. The minimum absolute atomic E-state index is 0.0433. The van der Waals surface area contributed by atoms with Gasteiger partial charge >= 0.3 is 0 Å². The largest absolute Gasteiger partial charge is 0.505 e. The van der Waals surface area contributed by atoms with Crippen LogP contribution in [0.15, 0.2) is 41.6 Å². The van der Waals surface area contributed by atoms with Gasteiger partial charge in [-0.2, -0.15) is 5.10 Å². The number of hydrogen-bond donors (Lipinski definition) is 2. The van der Waals surface area contributed by atoms with Gasteiger partial charge in [-0.25, -0.2) is 0 Å².